The molecule has 108 valence electrons. The normalized spacial score (nSPS) is 18.4. The summed E-state index contributed by atoms with van der Waals surface area (Å²) in [6.45, 7) is 0.777. The molecule has 1 aliphatic heterocycles. The quantitative estimate of drug-likeness (QED) is 0.822. The molecule has 1 saturated heterocycles. The Bertz CT molecular complexity index is 518. The summed E-state index contributed by atoms with van der Waals surface area (Å²) >= 11 is 1.70. The predicted molar refractivity (Wildman–Crippen MR) is 75.5 cm³/mol. The molecule has 0 aliphatic carbocycles. The number of methoxy groups -OCH3 is 1. The predicted octanol–water partition coefficient (Wildman–Crippen LogP) is 1.26. The van der Waals surface area contributed by atoms with Crippen LogP contribution in [0.25, 0.3) is 0 Å². The van der Waals surface area contributed by atoms with Gasteiger partial charge in [0.1, 0.15) is 5.82 Å². The van der Waals surface area contributed by atoms with Crippen LogP contribution in [0.2, 0.25) is 0 Å². The van der Waals surface area contributed by atoms with Crippen LogP contribution in [0.4, 0.5) is 10.1 Å². The molecule has 5 nitrogen and oxygen atoms in total. The highest BCUT2D eigenvalue weighted by molar-refractivity contribution is 7.99. The Kier molecular flexibility index (Phi) is 4.97. The minimum atomic E-state index is -0.773. The largest absolute Gasteiger partial charge is 0.465 e. The molecule has 0 saturated carbocycles. The number of carbonyl (C=O) groups excluding carboxylic acids is 2. The Labute approximate surface area is 120 Å². The number of amides is 1. The van der Waals surface area contributed by atoms with Gasteiger partial charge in [-0.25, -0.2) is 9.18 Å². The summed E-state index contributed by atoms with van der Waals surface area (Å²) in [7, 11) is 1.18. The van der Waals surface area contributed by atoms with Crippen molar-refractivity contribution in [3.05, 3.63) is 29.6 Å². The van der Waals surface area contributed by atoms with Gasteiger partial charge in [0.25, 0.3) is 0 Å². The highest BCUT2D eigenvalue weighted by atomic mass is 32.2. The number of rotatable bonds is 3. The van der Waals surface area contributed by atoms with E-state index in [9.17, 15) is 14.0 Å². The number of thioether (sulfide) groups is 1. The van der Waals surface area contributed by atoms with Crippen LogP contribution in [0.5, 0.6) is 0 Å². The van der Waals surface area contributed by atoms with Crippen molar-refractivity contribution >= 4 is 29.3 Å². The van der Waals surface area contributed by atoms with Crippen LogP contribution >= 0.6 is 11.8 Å². The molecule has 2 rings (SSSR count). The summed E-state index contributed by atoms with van der Waals surface area (Å²) < 4.78 is 18.0. The van der Waals surface area contributed by atoms with E-state index in [-0.39, 0.29) is 17.5 Å². The van der Waals surface area contributed by atoms with E-state index in [1.165, 1.54) is 19.2 Å². The zero-order chi connectivity index (χ0) is 14.5. The molecule has 1 aromatic rings. The molecular formula is C13H15FN2O3S. The standard InChI is InChI=1S/C13H15FN2O3S/c1-19-13(18)9-6-8(2-3-10(9)14)16-12(17)11-7-20-5-4-15-11/h2-3,6,11,15H,4-5,7H2,1H3,(H,16,17). The first-order valence-corrected chi connectivity index (χ1v) is 7.27. The van der Waals surface area contributed by atoms with Gasteiger partial charge in [0.2, 0.25) is 5.91 Å². The second-order valence-corrected chi connectivity index (χ2v) is 5.41. The van der Waals surface area contributed by atoms with Crippen LogP contribution in [-0.4, -0.2) is 43.1 Å². The first kappa shape index (κ1) is 14.8. The van der Waals surface area contributed by atoms with E-state index >= 15 is 0 Å². The highest BCUT2D eigenvalue weighted by Gasteiger charge is 2.21. The van der Waals surface area contributed by atoms with Gasteiger partial charge in [-0.2, -0.15) is 11.8 Å². The number of hydrogen-bond donors (Lipinski definition) is 2. The fraction of sp³-hybridized carbons (Fsp3) is 0.385. The molecule has 7 heteroatoms. The van der Waals surface area contributed by atoms with E-state index in [0.717, 1.165) is 18.4 Å². The summed E-state index contributed by atoms with van der Waals surface area (Å²) in [6.07, 6.45) is 0. The van der Waals surface area contributed by atoms with E-state index in [1.54, 1.807) is 11.8 Å². The fourth-order valence-corrected chi connectivity index (χ4v) is 2.77. The lowest BCUT2D eigenvalue weighted by molar-refractivity contribution is -0.117. The maximum absolute atomic E-state index is 13.5. The van der Waals surface area contributed by atoms with Gasteiger partial charge >= 0.3 is 5.97 Å². The Morgan fingerprint density at radius 1 is 1.50 bits per heavy atom. The number of carbonyl (C=O) groups is 2. The van der Waals surface area contributed by atoms with E-state index < -0.39 is 11.8 Å². The van der Waals surface area contributed by atoms with Gasteiger partial charge in [-0.05, 0) is 18.2 Å². The van der Waals surface area contributed by atoms with Gasteiger partial charge in [-0.1, -0.05) is 0 Å². The molecule has 0 bridgehead atoms. The number of anilines is 1. The van der Waals surface area contributed by atoms with Gasteiger partial charge < -0.3 is 15.4 Å². The van der Waals surface area contributed by atoms with Crippen molar-refractivity contribution in [2.45, 2.75) is 6.04 Å². The summed E-state index contributed by atoms with van der Waals surface area (Å²) in [5.41, 5.74) is 0.172. The lowest BCUT2D eigenvalue weighted by Gasteiger charge is -2.22. The minimum Gasteiger partial charge on any atom is -0.465 e. The van der Waals surface area contributed by atoms with E-state index in [2.05, 4.69) is 15.4 Å². The zero-order valence-corrected chi connectivity index (χ0v) is 11.8. The average Bonchev–Trinajstić information content (AvgIpc) is 2.49. The van der Waals surface area contributed by atoms with Crippen molar-refractivity contribution < 1.29 is 18.7 Å². The average molecular weight is 298 g/mol. The number of benzene rings is 1. The molecule has 20 heavy (non-hydrogen) atoms. The summed E-state index contributed by atoms with van der Waals surface area (Å²) in [4.78, 5) is 23.4. The third kappa shape index (κ3) is 3.49. The Morgan fingerprint density at radius 2 is 2.30 bits per heavy atom. The van der Waals surface area contributed by atoms with E-state index in [1.807, 2.05) is 0 Å². The lowest BCUT2D eigenvalue weighted by atomic mass is 10.2. The topological polar surface area (TPSA) is 67.4 Å². The first-order chi connectivity index (χ1) is 9.61. The molecular weight excluding hydrogens is 283 g/mol. The van der Waals surface area contributed by atoms with E-state index in [4.69, 9.17) is 0 Å². The van der Waals surface area contributed by atoms with Gasteiger partial charge in [0, 0.05) is 23.7 Å². The Morgan fingerprint density at radius 3 is 2.95 bits per heavy atom. The van der Waals surface area contributed by atoms with E-state index in [0.29, 0.717) is 11.4 Å². The summed E-state index contributed by atoms with van der Waals surface area (Å²) in [6, 6.07) is 3.54. The van der Waals surface area contributed by atoms with Crippen LogP contribution in [0.1, 0.15) is 10.4 Å². The van der Waals surface area contributed by atoms with Gasteiger partial charge in [0.15, 0.2) is 0 Å². The maximum Gasteiger partial charge on any atom is 0.340 e. The molecule has 1 unspecified atom stereocenters. The summed E-state index contributed by atoms with van der Waals surface area (Å²) in [5.74, 6) is 0.0229. The number of hydrogen-bond acceptors (Lipinski definition) is 5. The van der Waals surface area contributed by atoms with Gasteiger partial charge in [-0.15, -0.1) is 0 Å². The fourth-order valence-electron chi connectivity index (χ4n) is 1.83. The van der Waals surface area contributed by atoms with Crippen molar-refractivity contribution in [2.24, 2.45) is 0 Å². The van der Waals surface area contributed by atoms with Crippen molar-refractivity contribution in [3.63, 3.8) is 0 Å². The van der Waals surface area contributed by atoms with Crippen molar-refractivity contribution in [2.75, 3.05) is 30.5 Å². The minimum absolute atomic E-state index is 0.195. The summed E-state index contributed by atoms with van der Waals surface area (Å²) in [5, 5.41) is 5.77. The van der Waals surface area contributed by atoms with Crippen LogP contribution in [0.3, 0.4) is 0 Å². The number of ether oxygens (including phenoxy) is 1. The Hall–Kier alpha value is -1.60. The maximum atomic E-state index is 13.5. The smallest absolute Gasteiger partial charge is 0.340 e. The van der Waals surface area contributed by atoms with Crippen LogP contribution in [0, 0.1) is 5.82 Å². The molecule has 0 aromatic heterocycles. The molecule has 0 spiro atoms. The number of halogens is 1. The van der Waals surface area contributed by atoms with Crippen LogP contribution < -0.4 is 10.6 Å². The molecule has 1 heterocycles. The molecule has 2 N–H and O–H groups in total. The lowest BCUT2D eigenvalue weighted by Crippen LogP contribution is -2.46. The molecule has 1 aliphatic rings. The van der Waals surface area contributed by atoms with Gasteiger partial charge in [-0.3, -0.25) is 4.79 Å². The third-order valence-electron chi connectivity index (χ3n) is 2.88. The monoisotopic (exact) mass is 298 g/mol. The second-order valence-electron chi connectivity index (χ2n) is 4.26. The molecule has 1 atom stereocenters. The molecule has 1 aromatic carbocycles. The molecule has 0 radical (unpaired) electrons. The van der Waals surface area contributed by atoms with Crippen molar-refractivity contribution in [1.29, 1.82) is 0 Å². The molecule has 1 amide bonds. The van der Waals surface area contributed by atoms with Crippen LogP contribution in [0.15, 0.2) is 18.2 Å². The zero-order valence-electron chi connectivity index (χ0n) is 10.9. The van der Waals surface area contributed by atoms with Gasteiger partial charge in [0.05, 0.1) is 18.7 Å². The third-order valence-corrected chi connectivity index (χ3v) is 3.94. The second kappa shape index (κ2) is 6.71. The highest BCUT2D eigenvalue weighted by Crippen LogP contribution is 2.17. The van der Waals surface area contributed by atoms with Crippen LogP contribution in [-0.2, 0) is 9.53 Å². The number of esters is 1. The number of nitrogens with one attached hydrogen (secondary N) is 2. The van der Waals surface area contributed by atoms with Crippen molar-refractivity contribution in [3.8, 4) is 0 Å². The molecule has 1 fully saturated rings. The van der Waals surface area contributed by atoms with Crippen molar-refractivity contribution in [1.82, 2.24) is 5.32 Å². The Balaban J connectivity index is 2.09. The SMILES string of the molecule is COC(=O)c1cc(NC(=O)C2CSCCN2)ccc1F. The first-order valence-electron chi connectivity index (χ1n) is 6.11.